The van der Waals surface area contributed by atoms with Gasteiger partial charge in [-0.2, -0.15) is 4.98 Å². The third-order valence-electron chi connectivity index (χ3n) is 4.18. The van der Waals surface area contributed by atoms with Crippen molar-refractivity contribution >= 4 is 29.0 Å². The van der Waals surface area contributed by atoms with Crippen molar-refractivity contribution < 1.29 is 9.32 Å². The Labute approximate surface area is 144 Å². The van der Waals surface area contributed by atoms with E-state index in [-0.39, 0.29) is 5.91 Å². The summed E-state index contributed by atoms with van der Waals surface area (Å²) in [7, 11) is 1.93. The maximum Gasteiger partial charge on any atom is 0.236 e. The molecular weight excluding hydrogens is 330 g/mol. The largest absolute Gasteiger partial charge is 0.342 e. The molecule has 0 atom stereocenters. The second-order valence-corrected chi connectivity index (χ2v) is 7.71. The van der Waals surface area contributed by atoms with Crippen LogP contribution in [0.2, 0.25) is 0 Å². The molecule has 1 saturated carbocycles. The molecule has 0 saturated heterocycles. The van der Waals surface area contributed by atoms with Crippen LogP contribution < -0.4 is 0 Å². The van der Waals surface area contributed by atoms with Gasteiger partial charge < -0.3 is 9.42 Å². The summed E-state index contributed by atoms with van der Waals surface area (Å²) in [6.07, 6.45) is 6.06. The zero-order valence-corrected chi connectivity index (χ0v) is 14.9. The third kappa shape index (κ3) is 4.35. The summed E-state index contributed by atoms with van der Waals surface area (Å²) >= 11 is 3.12. The smallest absolute Gasteiger partial charge is 0.236 e. The Bertz CT molecular complexity index is 621. The summed E-state index contributed by atoms with van der Waals surface area (Å²) in [5, 5.41) is 5.97. The number of rotatable bonds is 6. The van der Waals surface area contributed by atoms with E-state index in [1.807, 2.05) is 29.5 Å². The lowest BCUT2D eigenvalue weighted by atomic mass is 9.94. The van der Waals surface area contributed by atoms with Gasteiger partial charge in [0.1, 0.15) is 0 Å². The van der Waals surface area contributed by atoms with Gasteiger partial charge in [0.15, 0.2) is 0 Å². The van der Waals surface area contributed by atoms with Crippen LogP contribution in [0.25, 0.3) is 10.7 Å². The number of thioether (sulfide) groups is 1. The highest BCUT2D eigenvalue weighted by atomic mass is 32.2. The summed E-state index contributed by atoms with van der Waals surface area (Å²) < 4.78 is 5.25. The van der Waals surface area contributed by atoms with Crippen LogP contribution in [0.4, 0.5) is 0 Å². The number of carbonyl (C=O) groups is 1. The van der Waals surface area contributed by atoms with Gasteiger partial charge in [-0.1, -0.05) is 30.5 Å². The van der Waals surface area contributed by atoms with Gasteiger partial charge in [0.25, 0.3) is 0 Å². The molecule has 0 aliphatic heterocycles. The van der Waals surface area contributed by atoms with E-state index >= 15 is 0 Å². The summed E-state index contributed by atoms with van der Waals surface area (Å²) in [5.41, 5.74) is 0. The number of carbonyl (C=O) groups excluding carboxylic acids is 1. The summed E-state index contributed by atoms with van der Waals surface area (Å²) in [5.74, 6) is 2.43. The van der Waals surface area contributed by atoms with Crippen molar-refractivity contribution in [2.75, 3.05) is 12.8 Å². The van der Waals surface area contributed by atoms with Gasteiger partial charge in [-0.05, 0) is 24.3 Å². The molecule has 2 aromatic rings. The molecule has 1 fully saturated rings. The van der Waals surface area contributed by atoms with E-state index in [4.69, 9.17) is 4.52 Å². The molecule has 0 radical (unpaired) electrons. The monoisotopic (exact) mass is 351 g/mol. The van der Waals surface area contributed by atoms with Gasteiger partial charge in [-0.15, -0.1) is 23.1 Å². The van der Waals surface area contributed by atoms with Crippen molar-refractivity contribution in [3.63, 3.8) is 0 Å². The number of hydrogen-bond donors (Lipinski definition) is 0. The molecule has 0 unspecified atom stereocenters. The predicted octanol–water partition coefficient (Wildman–Crippen LogP) is 3.82. The fourth-order valence-corrected chi connectivity index (χ4v) is 4.24. The first-order valence-electron chi connectivity index (χ1n) is 7.94. The first kappa shape index (κ1) is 16.5. The second kappa shape index (κ2) is 7.97. The first-order chi connectivity index (χ1) is 11.2. The fraction of sp³-hybridized carbons (Fsp3) is 0.562. The van der Waals surface area contributed by atoms with Crippen LogP contribution >= 0.6 is 23.1 Å². The standard InChI is InChI=1S/C16H21N3O2S2/c1-19(12-6-3-2-4-7-12)15(20)11-22-10-14-17-16(18-21-14)13-8-5-9-23-13/h5,8-9,12H,2-4,6-7,10-11H2,1H3. The SMILES string of the molecule is CN(C(=O)CSCc1nc(-c2cccs2)no1)C1CCCCC1. The molecule has 23 heavy (non-hydrogen) atoms. The highest BCUT2D eigenvalue weighted by Crippen LogP contribution is 2.24. The Morgan fingerprint density at radius 3 is 3.00 bits per heavy atom. The summed E-state index contributed by atoms with van der Waals surface area (Å²) in [4.78, 5) is 19.6. The fourth-order valence-electron chi connectivity index (χ4n) is 2.82. The molecule has 0 spiro atoms. The minimum Gasteiger partial charge on any atom is -0.342 e. The number of thiophene rings is 1. The van der Waals surface area contributed by atoms with Gasteiger partial charge in [0, 0.05) is 13.1 Å². The van der Waals surface area contributed by atoms with Crippen molar-refractivity contribution in [3.8, 4) is 10.7 Å². The Hall–Kier alpha value is -1.34. The molecule has 1 aliphatic rings. The number of amides is 1. The van der Waals surface area contributed by atoms with Crippen molar-refractivity contribution in [3.05, 3.63) is 23.4 Å². The Morgan fingerprint density at radius 1 is 1.43 bits per heavy atom. The summed E-state index contributed by atoms with van der Waals surface area (Å²) in [6, 6.07) is 4.35. The van der Waals surface area contributed by atoms with Gasteiger partial charge >= 0.3 is 0 Å². The maximum absolute atomic E-state index is 12.3. The minimum atomic E-state index is 0.194. The van der Waals surface area contributed by atoms with Crippen LogP contribution in [-0.2, 0) is 10.5 Å². The molecule has 2 heterocycles. The highest BCUT2D eigenvalue weighted by molar-refractivity contribution is 7.99. The van der Waals surface area contributed by atoms with Crippen molar-refractivity contribution in [2.45, 2.75) is 43.9 Å². The van der Waals surface area contributed by atoms with Gasteiger partial charge in [0.05, 0.1) is 16.4 Å². The normalized spacial score (nSPS) is 15.7. The maximum atomic E-state index is 12.3. The lowest BCUT2D eigenvalue weighted by Crippen LogP contribution is -2.39. The number of aromatic nitrogens is 2. The van der Waals surface area contributed by atoms with Gasteiger partial charge in [0.2, 0.25) is 17.6 Å². The van der Waals surface area contributed by atoms with Crippen LogP contribution in [0.15, 0.2) is 22.0 Å². The van der Waals surface area contributed by atoms with Crippen molar-refractivity contribution in [1.82, 2.24) is 15.0 Å². The quantitative estimate of drug-likeness (QED) is 0.792. The van der Waals surface area contributed by atoms with E-state index in [0.717, 1.165) is 17.7 Å². The molecule has 1 amide bonds. The van der Waals surface area contributed by atoms with E-state index in [0.29, 0.717) is 29.3 Å². The average molecular weight is 351 g/mol. The molecule has 5 nitrogen and oxygen atoms in total. The molecule has 3 rings (SSSR count). The average Bonchev–Trinajstić information content (AvgIpc) is 3.26. The van der Waals surface area contributed by atoms with E-state index in [1.165, 1.54) is 31.0 Å². The number of hydrogen-bond acceptors (Lipinski definition) is 6. The predicted molar refractivity (Wildman–Crippen MR) is 93.4 cm³/mol. The molecule has 0 N–H and O–H groups in total. The van der Waals surface area contributed by atoms with Gasteiger partial charge in [-0.25, -0.2) is 0 Å². The molecule has 0 aromatic carbocycles. The highest BCUT2D eigenvalue weighted by Gasteiger charge is 2.22. The molecular formula is C16H21N3O2S2. The van der Waals surface area contributed by atoms with Gasteiger partial charge in [-0.3, -0.25) is 4.79 Å². The molecule has 2 aromatic heterocycles. The van der Waals surface area contributed by atoms with Crippen LogP contribution in [0.3, 0.4) is 0 Å². The molecule has 124 valence electrons. The van der Waals surface area contributed by atoms with Crippen molar-refractivity contribution in [1.29, 1.82) is 0 Å². The van der Waals surface area contributed by atoms with Crippen LogP contribution in [-0.4, -0.2) is 39.8 Å². The Balaban J connectivity index is 1.44. The van der Waals surface area contributed by atoms with E-state index < -0.39 is 0 Å². The Morgan fingerprint density at radius 2 is 2.26 bits per heavy atom. The topological polar surface area (TPSA) is 59.2 Å². The van der Waals surface area contributed by atoms with E-state index in [1.54, 1.807) is 11.3 Å². The zero-order valence-electron chi connectivity index (χ0n) is 13.2. The lowest BCUT2D eigenvalue weighted by molar-refractivity contribution is -0.129. The summed E-state index contributed by atoms with van der Waals surface area (Å²) in [6.45, 7) is 0. The molecule has 0 bridgehead atoms. The van der Waals surface area contributed by atoms with Crippen LogP contribution in [0.1, 0.15) is 38.0 Å². The van der Waals surface area contributed by atoms with Crippen LogP contribution in [0.5, 0.6) is 0 Å². The minimum absolute atomic E-state index is 0.194. The van der Waals surface area contributed by atoms with Crippen molar-refractivity contribution in [2.24, 2.45) is 0 Å². The zero-order chi connectivity index (χ0) is 16.1. The Kier molecular flexibility index (Phi) is 5.72. The third-order valence-corrected chi connectivity index (χ3v) is 5.94. The van der Waals surface area contributed by atoms with E-state index in [9.17, 15) is 4.79 Å². The van der Waals surface area contributed by atoms with Crippen LogP contribution in [0, 0.1) is 0 Å². The molecule has 1 aliphatic carbocycles. The second-order valence-electron chi connectivity index (χ2n) is 5.78. The number of nitrogens with zero attached hydrogens (tertiary/aromatic N) is 3. The van der Waals surface area contributed by atoms with E-state index in [2.05, 4.69) is 10.1 Å². The molecule has 7 heteroatoms. The first-order valence-corrected chi connectivity index (χ1v) is 9.97. The lowest BCUT2D eigenvalue weighted by Gasteiger charge is -2.31.